The molecule has 2 saturated heterocycles. The van der Waals surface area contributed by atoms with Crippen LogP contribution in [0.2, 0.25) is 0 Å². The summed E-state index contributed by atoms with van der Waals surface area (Å²) in [6.45, 7) is 2.19. The van der Waals surface area contributed by atoms with Gasteiger partial charge in [0.1, 0.15) is 6.04 Å². The number of piperidine rings is 1. The quantitative estimate of drug-likeness (QED) is 0.852. The highest BCUT2D eigenvalue weighted by molar-refractivity contribution is 5.67. The number of carboxylic acid groups (broad SMARTS) is 1. The average molecular weight is 280 g/mol. The van der Waals surface area contributed by atoms with Crippen molar-refractivity contribution in [3.05, 3.63) is 0 Å². The third-order valence-electron chi connectivity index (χ3n) is 4.06. The summed E-state index contributed by atoms with van der Waals surface area (Å²) in [5.41, 5.74) is 0. The molecular formula is C12H19F3N2O2. The topological polar surface area (TPSA) is 43.8 Å². The van der Waals surface area contributed by atoms with Gasteiger partial charge in [-0.1, -0.05) is 6.42 Å². The molecule has 0 amide bonds. The molecule has 4 nitrogen and oxygen atoms in total. The fourth-order valence-corrected chi connectivity index (χ4v) is 3.08. The molecule has 2 aliphatic heterocycles. The molecule has 2 atom stereocenters. The third kappa shape index (κ3) is 3.60. The number of carbonyl (C=O) groups is 1. The van der Waals surface area contributed by atoms with Crippen LogP contribution in [0.5, 0.6) is 0 Å². The largest absolute Gasteiger partial charge is 0.481 e. The molecule has 2 unspecified atom stereocenters. The van der Waals surface area contributed by atoms with Crippen molar-refractivity contribution in [2.45, 2.75) is 43.9 Å². The Morgan fingerprint density at radius 1 is 1.26 bits per heavy atom. The Balaban J connectivity index is 2.03. The summed E-state index contributed by atoms with van der Waals surface area (Å²) in [7, 11) is 0. The number of aliphatic carboxylic acids is 1. The standard InChI is InChI=1S/C12H19F3N2O2/c13-12(14,15)10(7-11(18)19)17-6-5-16-4-2-1-3-9(16)8-17/h9-10H,1-8H2,(H,18,19). The lowest BCUT2D eigenvalue weighted by atomic mass is 9.98. The second kappa shape index (κ2) is 5.66. The SMILES string of the molecule is O=C(O)CC(N1CCN2CCCCC2C1)C(F)(F)F. The maximum Gasteiger partial charge on any atom is 0.404 e. The number of carboxylic acids is 1. The van der Waals surface area contributed by atoms with E-state index in [-0.39, 0.29) is 6.04 Å². The minimum Gasteiger partial charge on any atom is -0.481 e. The van der Waals surface area contributed by atoms with Gasteiger partial charge in [-0.05, 0) is 19.4 Å². The first-order valence-corrected chi connectivity index (χ1v) is 6.64. The summed E-state index contributed by atoms with van der Waals surface area (Å²) >= 11 is 0. The molecule has 2 aliphatic rings. The molecule has 0 radical (unpaired) electrons. The first-order chi connectivity index (χ1) is 8.88. The van der Waals surface area contributed by atoms with Gasteiger partial charge in [0.05, 0.1) is 6.42 Å². The van der Waals surface area contributed by atoms with Crippen LogP contribution in [0.1, 0.15) is 25.7 Å². The van der Waals surface area contributed by atoms with E-state index in [1.54, 1.807) is 0 Å². The van der Waals surface area contributed by atoms with Crippen LogP contribution in [0.15, 0.2) is 0 Å². The minimum atomic E-state index is -4.48. The monoisotopic (exact) mass is 280 g/mol. The van der Waals surface area contributed by atoms with Crippen molar-refractivity contribution in [3.63, 3.8) is 0 Å². The van der Waals surface area contributed by atoms with Gasteiger partial charge in [-0.3, -0.25) is 14.6 Å². The maximum absolute atomic E-state index is 13.0. The van der Waals surface area contributed by atoms with E-state index in [2.05, 4.69) is 4.90 Å². The van der Waals surface area contributed by atoms with Crippen molar-refractivity contribution in [1.29, 1.82) is 0 Å². The highest BCUT2D eigenvalue weighted by Crippen LogP contribution is 2.30. The zero-order valence-electron chi connectivity index (χ0n) is 10.7. The van der Waals surface area contributed by atoms with Crippen LogP contribution in [0.4, 0.5) is 13.2 Å². The number of piperazine rings is 1. The van der Waals surface area contributed by atoms with Crippen LogP contribution in [-0.4, -0.2) is 65.3 Å². The second-order valence-corrected chi connectivity index (χ2v) is 5.34. The van der Waals surface area contributed by atoms with Crippen LogP contribution in [0.25, 0.3) is 0 Å². The molecule has 2 rings (SSSR count). The molecule has 0 bridgehead atoms. The van der Waals surface area contributed by atoms with Gasteiger partial charge < -0.3 is 5.11 Å². The van der Waals surface area contributed by atoms with Crippen LogP contribution in [0.3, 0.4) is 0 Å². The van der Waals surface area contributed by atoms with Gasteiger partial charge >= 0.3 is 12.1 Å². The summed E-state index contributed by atoms with van der Waals surface area (Å²) in [5.74, 6) is -1.40. The highest BCUT2D eigenvalue weighted by Gasteiger charge is 2.46. The molecular weight excluding hydrogens is 261 g/mol. The fraction of sp³-hybridized carbons (Fsp3) is 0.917. The highest BCUT2D eigenvalue weighted by atomic mass is 19.4. The molecule has 7 heteroatoms. The van der Waals surface area contributed by atoms with Crippen molar-refractivity contribution < 1.29 is 23.1 Å². The van der Waals surface area contributed by atoms with Crippen molar-refractivity contribution in [2.24, 2.45) is 0 Å². The van der Waals surface area contributed by atoms with Crippen molar-refractivity contribution in [3.8, 4) is 0 Å². The number of halogens is 3. The molecule has 2 heterocycles. The Morgan fingerprint density at radius 2 is 2.00 bits per heavy atom. The molecule has 0 aromatic carbocycles. The number of fused-ring (bicyclic) bond motifs is 1. The van der Waals surface area contributed by atoms with Crippen LogP contribution >= 0.6 is 0 Å². The Morgan fingerprint density at radius 3 is 2.63 bits per heavy atom. The van der Waals surface area contributed by atoms with E-state index in [0.717, 1.165) is 25.8 Å². The average Bonchev–Trinajstić information content (AvgIpc) is 2.34. The van der Waals surface area contributed by atoms with E-state index in [4.69, 9.17) is 5.11 Å². The zero-order valence-corrected chi connectivity index (χ0v) is 10.7. The third-order valence-corrected chi connectivity index (χ3v) is 4.06. The normalized spacial score (nSPS) is 27.8. The van der Waals surface area contributed by atoms with Gasteiger partial charge in [0.15, 0.2) is 0 Å². The van der Waals surface area contributed by atoms with Crippen molar-refractivity contribution in [2.75, 3.05) is 26.2 Å². The molecule has 1 N–H and O–H groups in total. The molecule has 0 aromatic rings. The smallest absolute Gasteiger partial charge is 0.404 e. The van der Waals surface area contributed by atoms with Gasteiger partial charge in [-0.25, -0.2) is 0 Å². The van der Waals surface area contributed by atoms with Gasteiger partial charge in [-0.2, -0.15) is 13.2 Å². The lowest BCUT2D eigenvalue weighted by molar-refractivity contribution is -0.197. The molecule has 110 valence electrons. The van der Waals surface area contributed by atoms with Gasteiger partial charge in [0.25, 0.3) is 0 Å². The Labute approximate surface area is 110 Å². The molecule has 2 fully saturated rings. The van der Waals surface area contributed by atoms with Gasteiger partial charge in [0, 0.05) is 25.7 Å². The molecule has 19 heavy (non-hydrogen) atoms. The van der Waals surface area contributed by atoms with E-state index in [1.807, 2.05) is 0 Å². The van der Waals surface area contributed by atoms with Crippen molar-refractivity contribution in [1.82, 2.24) is 9.80 Å². The summed E-state index contributed by atoms with van der Waals surface area (Å²) in [6, 6.07) is -1.70. The second-order valence-electron chi connectivity index (χ2n) is 5.34. The number of hydrogen-bond acceptors (Lipinski definition) is 3. The van der Waals surface area contributed by atoms with Crippen LogP contribution in [-0.2, 0) is 4.79 Å². The Bertz CT molecular complexity index is 335. The van der Waals surface area contributed by atoms with E-state index in [0.29, 0.717) is 19.6 Å². The Hall–Kier alpha value is -0.820. The number of rotatable bonds is 3. The van der Waals surface area contributed by atoms with Crippen molar-refractivity contribution >= 4 is 5.97 Å². The van der Waals surface area contributed by atoms with E-state index < -0.39 is 24.6 Å². The van der Waals surface area contributed by atoms with E-state index in [9.17, 15) is 18.0 Å². The summed E-state index contributed by atoms with van der Waals surface area (Å²) in [5, 5.41) is 8.67. The summed E-state index contributed by atoms with van der Waals surface area (Å²) in [6.07, 6.45) is -2.28. The van der Waals surface area contributed by atoms with Gasteiger partial charge in [0.2, 0.25) is 0 Å². The fourth-order valence-electron chi connectivity index (χ4n) is 3.08. The predicted octanol–water partition coefficient (Wildman–Crippen LogP) is 1.56. The minimum absolute atomic E-state index is 0.154. The zero-order chi connectivity index (χ0) is 14.0. The molecule has 0 spiro atoms. The first-order valence-electron chi connectivity index (χ1n) is 6.64. The molecule has 0 aromatic heterocycles. The van der Waals surface area contributed by atoms with E-state index in [1.165, 1.54) is 4.90 Å². The lowest BCUT2D eigenvalue weighted by Crippen LogP contribution is -2.60. The Kier molecular flexibility index (Phi) is 4.35. The molecule has 0 aliphatic carbocycles. The number of nitrogens with zero attached hydrogens (tertiary/aromatic N) is 2. The summed E-state index contributed by atoms with van der Waals surface area (Å²) < 4.78 is 38.9. The van der Waals surface area contributed by atoms with Crippen LogP contribution < -0.4 is 0 Å². The maximum atomic E-state index is 13.0. The van der Waals surface area contributed by atoms with Gasteiger partial charge in [-0.15, -0.1) is 0 Å². The number of hydrogen-bond donors (Lipinski definition) is 1. The van der Waals surface area contributed by atoms with E-state index >= 15 is 0 Å². The number of alkyl halides is 3. The predicted molar refractivity (Wildman–Crippen MR) is 62.9 cm³/mol. The first kappa shape index (κ1) is 14.6. The lowest BCUT2D eigenvalue weighted by Gasteiger charge is -2.46. The summed E-state index contributed by atoms with van der Waals surface area (Å²) in [4.78, 5) is 14.2. The molecule has 0 saturated carbocycles. The van der Waals surface area contributed by atoms with Crippen LogP contribution in [0, 0.1) is 0 Å².